The highest BCUT2D eigenvalue weighted by molar-refractivity contribution is 6.30. The third-order valence-electron chi connectivity index (χ3n) is 9.21. The quantitative estimate of drug-likeness (QED) is 0.274. The largest absolute Gasteiger partial charge is 0.437 e. The number of nitrogen functional groups attached to an aromatic ring is 1. The Morgan fingerprint density at radius 3 is 2.59 bits per heavy atom. The van der Waals surface area contributed by atoms with E-state index in [0.29, 0.717) is 26.1 Å². The van der Waals surface area contributed by atoms with Gasteiger partial charge in [-0.05, 0) is 37.6 Å². The fourth-order valence-electron chi connectivity index (χ4n) is 6.43. The number of ether oxygens (including phenoxy) is 1. The lowest BCUT2D eigenvalue weighted by Crippen LogP contribution is -2.64. The van der Waals surface area contributed by atoms with E-state index in [4.69, 9.17) is 22.1 Å². The number of rotatable bonds is 8. The number of amides is 1. The second kappa shape index (κ2) is 13.8. The van der Waals surface area contributed by atoms with E-state index in [2.05, 4.69) is 19.9 Å². The van der Waals surface area contributed by atoms with E-state index in [-0.39, 0.29) is 29.1 Å². The molecule has 0 saturated carbocycles. The van der Waals surface area contributed by atoms with Gasteiger partial charge in [0.2, 0.25) is 11.8 Å². The first-order valence-corrected chi connectivity index (χ1v) is 16.1. The Morgan fingerprint density at radius 1 is 1.12 bits per heavy atom. The summed E-state index contributed by atoms with van der Waals surface area (Å²) >= 11 is 5.68. The van der Waals surface area contributed by atoms with E-state index in [9.17, 15) is 19.1 Å². The Hall–Kier alpha value is -4.53. The number of piperidine rings is 2. The van der Waals surface area contributed by atoms with E-state index in [1.807, 2.05) is 37.3 Å². The fraction of sp³-hybridized carbons (Fsp3) is 0.382. The van der Waals surface area contributed by atoms with Crippen LogP contribution >= 0.6 is 11.6 Å². The Balaban J connectivity index is 1.15. The maximum Gasteiger partial charge on any atom is 0.295 e. The number of hydrogen-bond donors (Lipinski definition) is 2. The smallest absolute Gasteiger partial charge is 0.295 e. The van der Waals surface area contributed by atoms with Crippen molar-refractivity contribution < 1.29 is 27.8 Å². The molecule has 3 atom stereocenters. The van der Waals surface area contributed by atoms with Crippen molar-refractivity contribution in [2.45, 2.75) is 50.3 Å². The van der Waals surface area contributed by atoms with Crippen LogP contribution in [0.3, 0.4) is 0 Å². The minimum atomic E-state index is -3.78. The van der Waals surface area contributed by atoms with Crippen LogP contribution in [0.25, 0.3) is 0 Å². The second-order valence-corrected chi connectivity index (χ2v) is 13.0. The Labute approximate surface area is 285 Å². The number of nitrogens with zero attached hydrogens (tertiary/aromatic N) is 6. The van der Waals surface area contributed by atoms with Crippen molar-refractivity contribution in [3.8, 4) is 11.6 Å². The third-order valence-corrected chi connectivity index (χ3v) is 9.52. The molecule has 2 aliphatic rings. The molecule has 2 aliphatic heterocycles. The van der Waals surface area contributed by atoms with Crippen LogP contribution in [0.15, 0.2) is 72.0 Å². The van der Waals surface area contributed by atoms with Gasteiger partial charge in [0.25, 0.3) is 11.5 Å². The molecule has 11 nitrogen and oxygen atoms in total. The van der Waals surface area contributed by atoms with Gasteiger partial charge in [-0.15, -0.1) is 0 Å². The molecular weight excluding hydrogens is 663 g/mol. The first kappa shape index (κ1) is 34.3. The highest BCUT2D eigenvalue weighted by atomic mass is 35.5. The van der Waals surface area contributed by atoms with Crippen LogP contribution in [-0.4, -0.2) is 78.0 Å². The average molecular weight is 698 g/mol. The number of hydrogen-bond acceptors (Lipinski definition) is 9. The number of benzene rings is 2. The molecule has 4 aromatic rings. The summed E-state index contributed by atoms with van der Waals surface area (Å²) in [4.78, 5) is 43.0. The summed E-state index contributed by atoms with van der Waals surface area (Å²) in [6, 6.07) is 13.1. The van der Waals surface area contributed by atoms with Gasteiger partial charge in [0.1, 0.15) is 23.5 Å². The van der Waals surface area contributed by atoms with Crippen molar-refractivity contribution in [1.29, 1.82) is 0 Å². The number of likely N-dealkylation sites (tertiary alicyclic amines) is 2. The first-order valence-electron chi connectivity index (χ1n) is 15.8. The number of alkyl halides is 2. The molecule has 2 saturated heterocycles. The van der Waals surface area contributed by atoms with Gasteiger partial charge in [-0.3, -0.25) is 29.0 Å². The molecule has 0 unspecified atom stereocenters. The van der Waals surface area contributed by atoms with E-state index in [0.717, 1.165) is 38.8 Å². The van der Waals surface area contributed by atoms with Crippen LogP contribution < -0.4 is 16.0 Å². The lowest BCUT2D eigenvalue weighted by molar-refractivity contribution is -0.223. The van der Waals surface area contributed by atoms with Crippen molar-refractivity contribution in [1.82, 2.24) is 29.3 Å². The summed E-state index contributed by atoms with van der Waals surface area (Å²) in [6.45, 7) is 1.48. The van der Waals surface area contributed by atoms with Crippen LogP contribution in [-0.2, 0) is 17.9 Å². The van der Waals surface area contributed by atoms with Crippen LogP contribution in [0.4, 0.5) is 18.9 Å². The molecule has 6 rings (SSSR count). The zero-order valence-electron chi connectivity index (χ0n) is 26.6. The molecule has 0 aliphatic carbocycles. The zero-order chi connectivity index (χ0) is 34.9. The van der Waals surface area contributed by atoms with Crippen LogP contribution in [0.2, 0.25) is 5.02 Å². The summed E-state index contributed by atoms with van der Waals surface area (Å²) in [5, 5.41) is 11.1. The van der Waals surface area contributed by atoms with Crippen LogP contribution in [0.1, 0.15) is 35.7 Å². The van der Waals surface area contributed by atoms with Crippen LogP contribution in [0.5, 0.6) is 11.6 Å². The van der Waals surface area contributed by atoms with Gasteiger partial charge in [0.15, 0.2) is 5.69 Å². The van der Waals surface area contributed by atoms with Crippen molar-refractivity contribution in [3.05, 3.63) is 105 Å². The topological polar surface area (TPSA) is 140 Å². The molecule has 3 N–H and O–H groups in total. The molecule has 49 heavy (non-hydrogen) atoms. The predicted molar refractivity (Wildman–Crippen MR) is 175 cm³/mol. The molecule has 0 spiro atoms. The van der Waals surface area contributed by atoms with Crippen molar-refractivity contribution in [2.24, 2.45) is 5.92 Å². The summed E-state index contributed by atoms with van der Waals surface area (Å²) in [6.07, 6.45) is 4.30. The summed E-state index contributed by atoms with van der Waals surface area (Å²) in [7, 11) is 0. The minimum Gasteiger partial charge on any atom is -0.437 e. The summed E-state index contributed by atoms with van der Waals surface area (Å²) in [5.74, 6) is -6.18. The molecule has 4 heterocycles. The third kappa shape index (κ3) is 7.26. The monoisotopic (exact) mass is 697 g/mol. The summed E-state index contributed by atoms with van der Waals surface area (Å²) in [5.41, 5.74) is 4.31. The standard InChI is InChI=1S/C34H35ClF3N7O4/c1-21-14-41-23(15-40-21)16-43-11-9-25(26(17-43)22-5-3-2-4-6-22)31(46)44-12-10-33(48,34(37,38)19-44)18-45-20-42-30(29(39)32(45)47)49-24-7-8-27(35)28(36)13-24/h2-8,13-15,20,25-26,48H,9-12,16-19,39H2,1H3/t25-,26+,33+/m1/s1. The molecule has 258 valence electrons. The van der Waals surface area contributed by atoms with Gasteiger partial charge in [-0.25, -0.2) is 18.2 Å². The number of aryl methyl sites for hydroxylation is 1. The molecule has 2 fully saturated rings. The second-order valence-electron chi connectivity index (χ2n) is 12.6. The Morgan fingerprint density at radius 2 is 1.90 bits per heavy atom. The number of anilines is 1. The lowest BCUT2D eigenvalue weighted by Gasteiger charge is -2.46. The van der Waals surface area contributed by atoms with Gasteiger partial charge in [0, 0.05) is 56.4 Å². The number of carbonyl (C=O) groups excluding carboxylic acids is 1. The van der Waals surface area contributed by atoms with E-state index < -0.39 is 59.9 Å². The van der Waals surface area contributed by atoms with Crippen molar-refractivity contribution in [2.75, 3.05) is 31.9 Å². The maximum absolute atomic E-state index is 15.8. The molecule has 0 bridgehead atoms. The molecule has 0 radical (unpaired) electrons. The lowest BCUT2D eigenvalue weighted by atomic mass is 9.78. The highest BCUT2D eigenvalue weighted by Crippen LogP contribution is 2.41. The normalized spacial score (nSPS) is 22.5. The Kier molecular flexibility index (Phi) is 9.65. The predicted octanol–water partition coefficient (Wildman–Crippen LogP) is 4.41. The molecule has 2 aromatic heterocycles. The van der Waals surface area contributed by atoms with Gasteiger partial charge >= 0.3 is 0 Å². The summed E-state index contributed by atoms with van der Waals surface area (Å²) < 4.78 is 51.7. The van der Waals surface area contributed by atoms with E-state index >= 15 is 8.78 Å². The molecule has 2 aromatic carbocycles. The highest BCUT2D eigenvalue weighted by Gasteiger charge is 2.57. The average Bonchev–Trinajstić information content (AvgIpc) is 3.08. The molecular formula is C34H35ClF3N7O4. The van der Waals surface area contributed by atoms with Gasteiger partial charge in [-0.2, -0.15) is 0 Å². The number of carbonyl (C=O) groups is 1. The van der Waals surface area contributed by atoms with Gasteiger partial charge < -0.3 is 20.5 Å². The number of nitrogens with two attached hydrogens (primary N) is 1. The fourth-order valence-corrected chi connectivity index (χ4v) is 6.55. The minimum absolute atomic E-state index is 0.0406. The first-order chi connectivity index (χ1) is 23.3. The number of halogens is 4. The van der Waals surface area contributed by atoms with Crippen LogP contribution in [0, 0.1) is 18.7 Å². The number of aromatic nitrogens is 4. The van der Waals surface area contributed by atoms with Crippen molar-refractivity contribution >= 4 is 23.2 Å². The van der Waals surface area contributed by atoms with E-state index in [1.165, 1.54) is 12.1 Å². The van der Waals surface area contributed by atoms with Gasteiger partial charge in [0.05, 0.1) is 29.5 Å². The Bertz CT molecular complexity index is 1880. The SMILES string of the molecule is Cc1cnc(CN2CC[C@@H](C(=O)N3CC[C@](O)(Cn4cnc(Oc5ccc(Cl)c(F)c5)c(N)c4=O)C(F)(F)C3)[C@H](c3ccccc3)C2)cn1. The molecule has 15 heteroatoms. The molecule has 1 amide bonds. The van der Waals surface area contributed by atoms with Crippen molar-refractivity contribution in [3.63, 3.8) is 0 Å². The van der Waals surface area contributed by atoms with E-state index in [1.54, 1.807) is 12.4 Å². The zero-order valence-corrected chi connectivity index (χ0v) is 27.4. The van der Waals surface area contributed by atoms with Gasteiger partial charge in [-0.1, -0.05) is 41.9 Å². The number of aliphatic hydroxyl groups is 1. The maximum atomic E-state index is 15.8.